The third-order valence-corrected chi connectivity index (χ3v) is 16.6. The molecular weight excluding hydrogens is 779 g/mol. The second-order valence-electron chi connectivity index (χ2n) is 14.4. The summed E-state index contributed by atoms with van der Waals surface area (Å²) in [6, 6.07) is 39.5. The van der Waals surface area contributed by atoms with Crippen molar-refractivity contribution < 1.29 is 4.79 Å². The number of aryl methyl sites for hydroxylation is 2. The van der Waals surface area contributed by atoms with E-state index in [0.29, 0.717) is 0 Å². The predicted octanol–water partition coefficient (Wildman–Crippen LogP) is 17.3. The van der Waals surface area contributed by atoms with E-state index in [0.717, 1.165) is 41.1 Å². The van der Waals surface area contributed by atoms with Crippen molar-refractivity contribution in [2.45, 2.75) is 78.1 Å². The van der Waals surface area contributed by atoms with Crippen LogP contribution >= 0.6 is 56.7 Å². The summed E-state index contributed by atoms with van der Waals surface area (Å²) in [4.78, 5) is 21.7. The number of carbonyl (C=O) groups excluding carboxylic acids is 1. The minimum Gasteiger partial charge on any atom is -0.311 e. The Morgan fingerprint density at radius 3 is 1.52 bits per heavy atom. The molecule has 0 bridgehead atoms. The van der Waals surface area contributed by atoms with E-state index < -0.39 is 0 Å². The minimum atomic E-state index is 0.842. The van der Waals surface area contributed by atoms with Gasteiger partial charge in [-0.15, -0.1) is 56.7 Å². The van der Waals surface area contributed by atoms with Crippen LogP contribution in [0.1, 0.15) is 96.5 Å². The van der Waals surface area contributed by atoms with E-state index in [4.69, 9.17) is 0 Å². The number of rotatable bonds is 18. The van der Waals surface area contributed by atoms with Crippen molar-refractivity contribution in [3.63, 3.8) is 0 Å². The number of aldehydes is 1. The van der Waals surface area contributed by atoms with Crippen LogP contribution in [0.3, 0.4) is 0 Å². The van der Waals surface area contributed by atoms with Crippen LogP contribution in [0.5, 0.6) is 0 Å². The van der Waals surface area contributed by atoms with Gasteiger partial charge in [0.15, 0.2) is 6.29 Å². The van der Waals surface area contributed by atoms with Gasteiger partial charge in [-0.3, -0.25) is 4.79 Å². The van der Waals surface area contributed by atoms with Crippen molar-refractivity contribution in [2.75, 3.05) is 4.90 Å². The Balaban J connectivity index is 1.06. The van der Waals surface area contributed by atoms with Gasteiger partial charge in [0.1, 0.15) is 0 Å². The molecule has 2 nitrogen and oxygen atoms in total. The van der Waals surface area contributed by atoms with Crippen molar-refractivity contribution in [3.8, 4) is 19.5 Å². The van der Waals surface area contributed by atoms with E-state index in [9.17, 15) is 4.79 Å². The Morgan fingerprint density at radius 2 is 1.00 bits per heavy atom. The molecule has 0 fully saturated rings. The molecular formula is C49H47NOS5. The van der Waals surface area contributed by atoms with Crippen LogP contribution in [0.15, 0.2) is 109 Å². The van der Waals surface area contributed by atoms with Crippen LogP contribution in [-0.4, -0.2) is 6.29 Å². The van der Waals surface area contributed by atoms with Crippen LogP contribution in [0.4, 0.5) is 17.1 Å². The van der Waals surface area contributed by atoms with E-state index >= 15 is 0 Å². The highest BCUT2D eigenvalue weighted by molar-refractivity contribution is 7.41. The van der Waals surface area contributed by atoms with Crippen LogP contribution in [-0.2, 0) is 12.8 Å². The SMILES string of the molecule is CCCCCCc1cc(C=O)sc1-c1cc2sc3cc(-c4sc(/C=C/c5ccc(N(c6ccccc6)c6ccccc6)cc5)cc4CCCCCC)sc3c2s1. The van der Waals surface area contributed by atoms with E-state index in [1.165, 1.54) is 111 Å². The summed E-state index contributed by atoms with van der Waals surface area (Å²) in [6.07, 6.45) is 17.7. The molecule has 0 aliphatic rings. The van der Waals surface area contributed by atoms with Gasteiger partial charge in [0.05, 0.1) is 14.3 Å². The molecule has 5 aromatic heterocycles. The van der Waals surface area contributed by atoms with Gasteiger partial charge in [0, 0.05) is 50.8 Å². The Hall–Kier alpha value is -4.11. The molecule has 0 atom stereocenters. The summed E-state index contributed by atoms with van der Waals surface area (Å²) in [5.41, 5.74) is 7.44. The zero-order valence-electron chi connectivity index (χ0n) is 32.1. The molecule has 0 saturated heterocycles. The maximum absolute atomic E-state index is 11.8. The number of hydrogen-bond acceptors (Lipinski definition) is 7. The lowest BCUT2D eigenvalue weighted by Crippen LogP contribution is -2.09. The number of anilines is 3. The summed E-state index contributed by atoms with van der Waals surface area (Å²) < 4.78 is 5.57. The van der Waals surface area contributed by atoms with Crippen LogP contribution in [0.25, 0.3) is 50.5 Å². The number of para-hydroxylation sites is 2. The first-order valence-corrected chi connectivity index (χ1v) is 24.1. The fraction of sp³-hybridized carbons (Fsp3) is 0.245. The number of hydrogen-bond donors (Lipinski definition) is 0. The highest BCUT2D eigenvalue weighted by atomic mass is 32.1. The van der Waals surface area contributed by atoms with E-state index in [-0.39, 0.29) is 0 Å². The lowest BCUT2D eigenvalue weighted by molar-refractivity contribution is 0.112. The zero-order chi connectivity index (χ0) is 38.3. The fourth-order valence-corrected chi connectivity index (χ4v) is 13.8. The van der Waals surface area contributed by atoms with E-state index in [1.807, 2.05) is 45.3 Å². The average Bonchev–Trinajstić information content (AvgIpc) is 4.06. The zero-order valence-corrected chi connectivity index (χ0v) is 36.2. The standard InChI is InChI=1S/C49H47NOS5/c1-3-5-7-11-17-35-29-40(28-25-34-23-26-39(27-24-34)50(37-19-13-9-14-20-37)38-21-15-10-16-22-38)52-46(35)42-31-44-48(55-42)49-45(54-44)32-43(56-49)47-36(18-12-8-6-4-2)30-41(33-51)53-47/h9-10,13-16,19-33H,3-8,11-12,17-18H2,1-2H3/b28-25+. The molecule has 0 aliphatic carbocycles. The smallest absolute Gasteiger partial charge is 0.160 e. The largest absolute Gasteiger partial charge is 0.311 e. The third kappa shape index (κ3) is 8.73. The highest BCUT2D eigenvalue weighted by Crippen LogP contribution is 2.51. The summed E-state index contributed by atoms with van der Waals surface area (Å²) in [5.74, 6) is 0. The van der Waals surface area contributed by atoms with Crippen LogP contribution in [0.2, 0.25) is 0 Å². The molecule has 8 aromatic rings. The van der Waals surface area contributed by atoms with Gasteiger partial charge in [-0.2, -0.15) is 0 Å². The molecule has 0 unspecified atom stereocenters. The summed E-state index contributed by atoms with van der Waals surface area (Å²) in [6.45, 7) is 4.54. The van der Waals surface area contributed by atoms with E-state index in [1.54, 1.807) is 11.3 Å². The normalized spacial score (nSPS) is 11.8. The summed E-state index contributed by atoms with van der Waals surface area (Å²) >= 11 is 9.40. The van der Waals surface area contributed by atoms with Crippen molar-refractivity contribution in [1.29, 1.82) is 0 Å². The number of unbranched alkanes of at least 4 members (excludes halogenated alkanes) is 6. The van der Waals surface area contributed by atoms with Gasteiger partial charge < -0.3 is 4.90 Å². The number of thiophene rings is 5. The second kappa shape index (κ2) is 18.4. The fourth-order valence-electron chi connectivity index (χ4n) is 7.39. The molecule has 0 aliphatic heterocycles. The quantitative estimate of drug-likeness (QED) is 0.0634. The molecule has 0 spiro atoms. The Kier molecular flexibility index (Phi) is 12.8. The average molecular weight is 826 g/mol. The Bertz CT molecular complexity index is 2490. The van der Waals surface area contributed by atoms with Gasteiger partial charge in [0.2, 0.25) is 0 Å². The molecule has 56 heavy (non-hydrogen) atoms. The van der Waals surface area contributed by atoms with Gasteiger partial charge in [0.25, 0.3) is 0 Å². The van der Waals surface area contributed by atoms with Gasteiger partial charge in [-0.25, -0.2) is 0 Å². The maximum atomic E-state index is 11.8. The molecule has 0 saturated carbocycles. The lowest BCUT2D eigenvalue weighted by atomic mass is 10.1. The monoisotopic (exact) mass is 825 g/mol. The van der Waals surface area contributed by atoms with Crippen LogP contribution in [0, 0.1) is 0 Å². The van der Waals surface area contributed by atoms with Crippen molar-refractivity contribution in [2.24, 2.45) is 0 Å². The molecule has 5 heterocycles. The molecule has 284 valence electrons. The molecule has 7 heteroatoms. The minimum absolute atomic E-state index is 0.842. The number of benzene rings is 3. The third-order valence-electron chi connectivity index (χ3n) is 10.3. The van der Waals surface area contributed by atoms with Crippen molar-refractivity contribution in [1.82, 2.24) is 0 Å². The number of carbonyl (C=O) groups is 1. The van der Waals surface area contributed by atoms with E-state index in [2.05, 4.69) is 140 Å². The first kappa shape index (κ1) is 38.7. The summed E-state index contributed by atoms with van der Waals surface area (Å²) in [5, 5.41) is 0. The van der Waals surface area contributed by atoms with Gasteiger partial charge >= 0.3 is 0 Å². The maximum Gasteiger partial charge on any atom is 0.160 e. The highest BCUT2D eigenvalue weighted by Gasteiger charge is 2.20. The molecule has 0 radical (unpaired) electrons. The summed E-state index contributed by atoms with van der Waals surface area (Å²) in [7, 11) is 0. The second-order valence-corrected chi connectivity index (χ2v) is 19.7. The first-order chi connectivity index (χ1) is 27.6. The topological polar surface area (TPSA) is 20.3 Å². The first-order valence-electron chi connectivity index (χ1n) is 20.0. The molecule has 0 amide bonds. The number of nitrogens with zero attached hydrogens (tertiary/aromatic N) is 1. The van der Waals surface area contributed by atoms with Crippen molar-refractivity contribution >= 4 is 111 Å². The van der Waals surface area contributed by atoms with Crippen molar-refractivity contribution in [3.05, 3.63) is 136 Å². The molecule has 0 N–H and O–H groups in total. The predicted molar refractivity (Wildman–Crippen MR) is 253 cm³/mol. The van der Waals surface area contributed by atoms with Gasteiger partial charge in [-0.05, 0) is 109 Å². The number of fused-ring (bicyclic) bond motifs is 3. The van der Waals surface area contributed by atoms with Gasteiger partial charge in [-0.1, -0.05) is 107 Å². The Labute approximate surface area is 351 Å². The van der Waals surface area contributed by atoms with Crippen LogP contribution < -0.4 is 4.90 Å². The lowest BCUT2D eigenvalue weighted by Gasteiger charge is -2.25. The molecule has 8 rings (SSSR count). The Morgan fingerprint density at radius 1 is 0.500 bits per heavy atom. The molecule has 3 aromatic carbocycles.